The van der Waals surface area contributed by atoms with Gasteiger partial charge in [0.25, 0.3) is 0 Å². The molecule has 0 aliphatic carbocycles. The van der Waals surface area contributed by atoms with Gasteiger partial charge >= 0.3 is 0 Å². The minimum Gasteiger partial charge on any atom is -0.490 e. The molecule has 4 nitrogen and oxygen atoms in total. The molecule has 1 aliphatic heterocycles. The molecule has 0 aromatic heterocycles. The van der Waals surface area contributed by atoms with Gasteiger partial charge in [0.1, 0.15) is 12.4 Å². The number of ether oxygens (including phenoxy) is 1. The number of carbonyl (C=O) groups is 1. The normalized spacial score (nSPS) is 14.0. The molecule has 0 spiro atoms. The maximum Gasteiger partial charge on any atom is 0.224 e. The maximum absolute atomic E-state index is 11.3. The van der Waals surface area contributed by atoms with Gasteiger partial charge in [0.15, 0.2) is 0 Å². The highest BCUT2D eigenvalue weighted by molar-refractivity contribution is 5.91. The van der Waals surface area contributed by atoms with Gasteiger partial charge in [0.05, 0.1) is 12.2 Å². The van der Waals surface area contributed by atoms with Crippen LogP contribution in [0.25, 0.3) is 0 Å². The monoisotopic (exact) mass is 220 g/mol. The lowest BCUT2D eigenvalue weighted by atomic mass is 10.2. The predicted octanol–water partition coefficient (Wildman–Crippen LogP) is 1.86. The molecular formula is C12H16N2O2. The van der Waals surface area contributed by atoms with Gasteiger partial charge in [-0.05, 0) is 18.2 Å². The molecule has 0 saturated carbocycles. The summed E-state index contributed by atoms with van der Waals surface area (Å²) in [5, 5.41) is 2.84. The van der Waals surface area contributed by atoms with Gasteiger partial charge < -0.3 is 15.0 Å². The topological polar surface area (TPSA) is 41.6 Å². The van der Waals surface area contributed by atoms with Gasteiger partial charge in [0, 0.05) is 19.2 Å². The lowest BCUT2D eigenvalue weighted by Gasteiger charge is -2.28. The van der Waals surface area contributed by atoms with Gasteiger partial charge in [-0.25, -0.2) is 0 Å². The number of amides is 1. The predicted molar refractivity (Wildman–Crippen MR) is 64.1 cm³/mol. The number of hydrogen-bond donors (Lipinski definition) is 1. The van der Waals surface area contributed by atoms with Crippen LogP contribution in [-0.4, -0.2) is 26.1 Å². The Labute approximate surface area is 95.2 Å². The summed E-state index contributed by atoms with van der Waals surface area (Å²) in [6.45, 7) is 3.42. The molecule has 16 heavy (non-hydrogen) atoms. The van der Waals surface area contributed by atoms with E-state index in [4.69, 9.17) is 4.74 Å². The van der Waals surface area contributed by atoms with Crippen LogP contribution < -0.4 is 15.0 Å². The van der Waals surface area contributed by atoms with Crippen LogP contribution in [0.3, 0.4) is 0 Å². The molecule has 1 aromatic carbocycles. The number of likely N-dealkylation sites (N-methyl/N-ethyl adjacent to an activating group) is 1. The SMILES string of the molecule is CCC(=O)Nc1ccc2c(c1)N(C)CCO2. The largest absolute Gasteiger partial charge is 0.490 e. The molecule has 1 heterocycles. The molecule has 0 unspecified atom stereocenters. The zero-order valence-electron chi connectivity index (χ0n) is 9.62. The van der Waals surface area contributed by atoms with E-state index in [1.54, 1.807) is 0 Å². The second kappa shape index (κ2) is 4.43. The van der Waals surface area contributed by atoms with E-state index >= 15 is 0 Å². The van der Waals surface area contributed by atoms with Crippen molar-refractivity contribution in [3.05, 3.63) is 18.2 Å². The van der Waals surface area contributed by atoms with Crippen molar-refractivity contribution in [2.24, 2.45) is 0 Å². The number of anilines is 2. The van der Waals surface area contributed by atoms with Gasteiger partial charge in [-0.3, -0.25) is 4.79 Å². The number of fused-ring (bicyclic) bond motifs is 1. The Morgan fingerprint density at radius 3 is 3.12 bits per heavy atom. The van der Waals surface area contributed by atoms with Crippen LogP contribution in [0.1, 0.15) is 13.3 Å². The van der Waals surface area contributed by atoms with Crippen LogP contribution in [0, 0.1) is 0 Å². The fourth-order valence-electron chi connectivity index (χ4n) is 1.68. The van der Waals surface area contributed by atoms with Crippen molar-refractivity contribution in [1.29, 1.82) is 0 Å². The minimum atomic E-state index is 0.0272. The van der Waals surface area contributed by atoms with Gasteiger partial charge in [0.2, 0.25) is 5.91 Å². The summed E-state index contributed by atoms with van der Waals surface area (Å²) in [7, 11) is 2.02. The van der Waals surface area contributed by atoms with E-state index < -0.39 is 0 Å². The van der Waals surface area contributed by atoms with Crippen molar-refractivity contribution >= 4 is 17.3 Å². The molecule has 1 aromatic rings. The smallest absolute Gasteiger partial charge is 0.224 e. The van der Waals surface area contributed by atoms with Crippen molar-refractivity contribution in [2.45, 2.75) is 13.3 Å². The van der Waals surface area contributed by atoms with E-state index in [2.05, 4.69) is 10.2 Å². The second-order valence-electron chi connectivity index (χ2n) is 3.85. The number of rotatable bonds is 2. The summed E-state index contributed by atoms with van der Waals surface area (Å²) in [6.07, 6.45) is 0.490. The fourth-order valence-corrected chi connectivity index (χ4v) is 1.68. The molecule has 1 N–H and O–H groups in total. The van der Waals surface area contributed by atoms with Crippen LogP contribution in [0.5, 0.6) is 5.75 Å². The first-order valence-corrected chi connectivity index (χ1v) is 5.48. The Morgan fingerprint density at radius 1 is 1.56 bits per heavy atom. The number of benzene rings is 1. The van der Waals surface area contributed by atoms with Crippen molar-refractivity contribution in [1.82, 2.24) is 0 Å². The summed E-state index contributed by atoms with van der Waals surface area (Å²) in [4.78, 5) is 13.4. The Morgan fingerprint density at radius 2 is 2.38 bits per heavy atom. The molecular weight excluding hydrogens is 204 g/mol. The van der Waals surface area contributed by atoms with E-state index in [0.29, 0.717) is 13.0 Å². The van der Waals surface area contributed by atoms with Crippen LogP contribution in [0.4, 0.5) is 11.4 Å². The molecule has 86 valence electrons. The zero-order chi connectivity index (χ0) is 11.5. The third kappa shape index (κ3) is 2.10. The molecule has 0 radical (unpaired) electrons. The third-order valence-corrected chi connectivity index (χ3v) is 2.66. The highest BCUT2D eigenvalue weighted by atomic mass is 16.5. The second-order valence-corrected chi connectivity index (χ2v) is 3.85. The van der Waals surface area contributed by atoms with Gasteiger partial charge in [-0.1, -0.05) is 6.92 Å². The highest BCUT2D eigenvalue weighted by Gasteiger charge is 2.15. The zero-order valence-corrected chi connectivity index (χ0v) is 9.62. The van der Waals surface area contributed by atoms with E-state index in [9.17, 15) is 4.79 Å². The number of nitrogens with one attached hydrogen (secondary N) is 1. The van der Waals surface area contributed by atoms with Gasteiger partial charge in [-0.15, -0.1) is 0 Å². The van der Waals surface area contributed by atoms with Crippen molar-refractivity contribution < 1.29 is 9.53 Å². The molecule has 4 heteroatoms. The van der Waals surface area contributed by atoms with E-state index in [0.717, 1.165) is 23.7 Å². The minimum absolute atomic E-state index is 0.0272. The maximum atomic E-state index is 11.3. The lowest BCUT2D eigenvalue weighted by molar-refractivity contribution is -0.115. The summed E-state index contributed by atoms with van der Waals surface area (Å²) in [6, 6.07) is 5.71. The average molecular weight is 220 g/mol. The fraction of sp³-hybridized carbons (Fsp3) is 0.417. The van der Waals surface area contributed by atoms with E-state index in [-0.39, 0.29) is 5.91 Å². The Hall–Kier alpha value is -1.71. The Balaban J connectivity index is 2.23. The lowest BCUT2D eigenvalue weighted by Crippen LogP contribution is -2.28. The number of carbonyl (C=O) groups excluding carboxylic acids is 1. The Bertz CT molecular complexity index is 404. The molecule has 0 bridgehead atoms. The van der Waals surface area contributed by atoms with Crippen LogP contribution in [-0.2, 0) is 4.79 Å². The highest BCUT2D eigenvalue weighted by Crippen LogP contribution is 2.33. The van der Waals surface area contributed by atoms with Crippen LogP contribution >= 0.6 is 0 Å². The number of hydrogen-bond acceptors (Lipinski definition) is 3. The third-order valence-electron chi connectivity index (χ3n) is 2.66. The first kappa shape index (κ1) is 10.8. The van der Waals surface area contributed by atoms with Crippen molar-refractivity contribution in [2.75, 3.05) is 30.4 Å². The molecule has 1 aliphatic rings. The summed E-state index contributed by atoms with van der Waals surface area (Å²) >= 11 is 0. The summed E-state index contributed by atoms with van der Waals surface area (Å²) < 4.78 is 5.53. The van der Waals surface area contributed by atoms with Crippen LogP contribution in [0.2, 0.25) is 0 Å². The molecule has 0 fully saturated rings. The first-order chi connectivity index (χ1) is 7.70. The van der Waals surface area contributed by atoms with Crippen LogP contribution in [0.15, 0.2) is 18.2 Å². The van der Waals surface area contributed by atoms with E-state index in [1.807, 2.05) is 32.2 Å². The molecule has 0 saturated heterocycles. The molecule has 2 rings (SSSR count). The first-order valence-electron chi connectivity index (χ1n) is 5.48. The van der Waals surface area contributed by atoms with E-state index in [1.165, 1.54) is 0 Å². The number of nitrogens with zero attached hydrogens (tertiary/aromatic N) is 1. The molecule has 0 atom stereocenters. The van der Waals surface area contributed by atoms with Crippen molar-refractivity contribution in [3.8, 4) is 5.75 Å². The summed E-state index contributed by atoms with van der Waals surface area (Å²) in [5.74, 6) is 0.905. The summed E-state index contributed by atoms with van der Waals surface area (Å²) in [5.41, 5.74) is 1.85. The quantitative estimate of drug-likeness (QED) is 0.827. The standard InChI is InChI=1S/C12H16N2O2/c1-3-12(15)13-9-4-5-11-10(8-9)14(2)6-7-16-11/h4-5,8H,3,6-7H2,1-2H3,(H,13,15). The molecule has 1 amide bonds. The Kier molecular flexibility index (Phi) is 2.99. The van der Waals surface area contributed by atoms with Gasteiger partial charge in [-0.2, -0.15) is 0 Å². The van der Waals surface area contributed by atoms with Crippen molar-refractivity contribution in [3.63, 3.8) is 0 Å². The average Bonchev–Trinajstić information content (AvgIpc) is 2.30.